The third kappa shape index (κ3) is 1.46. The topological polar surface area (TPSA) is 89.6 Å². The van der Waals surface area contributed by atoms with Crippen LogP contribution in [0, 0.1) is 0 Å². The third-order valence-electron chi connectivity index (χ3n) is 1.72. The number of hydrogen-bond acceptors (Lipinski definition) is 4. The summed E-state index contributed by atoms with van der Waals surface area (Å²) in [5, 5.41) is 0. The Morgan fingerprint density at radius 3 is 2.64 bits per heavy atom. The maximum atomic E-state index is 11.1. The molecule has 0 unspecified atom stereocenters. The number of hydrogen-bond donors (Lipinski definition) is 2. The molecule has 0 bridgehead atoms. The average Bonchev–Trinajstić information content (AvgIpc) is 2.47. The first-order chi connectivity index (χ1) is 6.70. The van der Waals surface area contributed by atoms with E-state index in [4.69, 9.17) is 5.73 Å². The minimum atomic E-state index is -0.239. The molecule has 0 radical (unpaired) electrons. The van der Waals surface area contributed by atoms with Gasteiger partial charge in [0.25, 0.3) is 0 Å². The van der Waals surface area contributed by atoms with E-state index >= 15 is 0 Å². The van der Waals surface area contributed by atoms with Crippen LogP contribution in [0.5, 0.6) is 0 Å². The van der Waals surface area contributed by atoms with Crippen LogP contribution < -0.4 is 11.4 Å². The van der Waals surface area contributed by atoms with Crippen LogP contribution in [0.3, 0.4) is 0 Å². The van der Waals surface area contributed by atoms with Gasteiger partial charge in [0.1, 0.15) is 11.8 Å². The van der Waals surface area contributed by atoms with Crippen molar-refractivity contribution >= 4 is 17.0 Å². The second-order valence-electron chi connectivity index (χ2n) is 2.45. The number of nitrogens with one attached hydrogen (secondary N) is 1. The number of imidazole rings is 1. The van der Waals surface area contributed by atoms with Crippen molar-refractivity contribution < 1.29 is 0 Å². The minimum Gasteiger partial charge on any atom is -0.382 e. The van der Waals surface area contributed by atoms with E-state index in [9.17, 15) is 4.79 Å². The van der Waals surface area contributed by atoms with E-state index in [1.807, 2.05) is 13.8 Å². The van der Waals surface area contributed by atoms with Crippen LogP contribution in [-0.2, 0) is 7.05 Å². The van der Waals surface area contributed by atoms with E-state index in [2.05, 4.69) is 15.0 Å². The second-order valence-corrected chi connectivity index (χ2v) is 2.45. The molecule has 0 aliphatic heterocycles. The predicted octanol–water partition coefficient (Wildman–Crippen LogP) is 0.265. The lowest BCUT2D eigenvalue weighted by Gasteiger charge is -1.94. The Bertz CT molecular complexity index is 484. The van der Waals surface area contributed by atoms with Crippen molar-refractivity contribution in [3.05, 3.63) is 16.8 Å². The van der Waals surface area contributed by atoms with Crippen LogP contribution >= 0.6 is 0 Å². The minimum absolute atomic E-state index is 0.239. The van der Waals surface area contributed by atoms with Crippen LogP contribution in [-0.4, -0.2) is 19.5 Å². The Morgan fingerprint density at radius 1 is 1.43 bits per heavy atom. The van der Waals surface area contributed by atoms with Crippen LogP contribution in [0.15, 0.2) is 11.1 Å². The molecule has 14 heavy (non-hydrogen) atoms. The fourth-order valence-electron chi connectivity index (χ4n) is 1.10. The monoisotopic (exact) mass is 195 g/mol. The van der Waals surface area contributed by atoms with Gasteiger partial charge >= 0.3 is 5.69 Å². The lowest BCUT2D eigenvalue weighted by Crippen LogP contribution is -2.12. The summed E-state index contributed by atoms with van der Waals surface area (Å²) in [4.78, 5) is 21.2. The second kappa shape index (κ2) is 3.91. The summed E-state index contributed by atoms with van der Waals surface area (Å²) in [6.07, 6.45) is 1.31. The van der Waals surface area contributed by atoms with Crippen molar-refractivity contribution in [3.8, 4) is 0 Å². The molecule has 0 saturated heterocycles. The average molecular weight is 195 g/mol. The number of aromatic amines is 1. The van der Waals surface area contributed by atoms with Gasteiger partial charge in [-0.1, -0.05) is 13.8 Å². The Morgan fingerprint density at radius 2 is 2.07 bits per heavy atom. The Labute approximate surface area is 80.8 Å². The van der Waals surface area contributed by atoms with E-state index in [1.54, 1.807) is 7.05 Å². The first-order valence-electron chi connectivity index (χ1n) is 4.35. The number of aryl methyl sites for hydroxylation is 1. The molecule has 6 heteroatoms. The van der Waals surface area contributed by atoms with Crippen LogP contribution in [0.2, 0.25) is 0 Å². The van der Waals surface area contributed by atoms with Gasteiger partial charge in [0.2, 0.25) is 0 Å². The quantitative estimate of drug-likeness (QED) is 0.631. The summed E-state index contributed by atoms with van der Waals surface area (Å²) in [5.74, 6) is 0.306. The molecular weight excluding hydrogens is 182 g/mol. The largest absolute Gasteiger partial charge is 0.382 e. The van der Waals surface area contributed by atoms with Gasteiger partial charge in [-0.3, -0.25) is 9.55 Å². The highest BCUT2D eigenvalue weighted by atomic mass is 16.1. The molecule has 0 spiro atoms. The number of nitrogen functional groups attached to an aromatic ring is 1. The van der Waals surface area contributed by atoms with Gasteiger partial charge in [0, 0.05) is 7.05 Å². The molecule has 0 atom stereocenters. The zero-order chi connectivity index (χ0) is 10.7. The number of nitrogens with zero attached hydrogens (tertiary/aromatic N) is 3. The lowest BCUT2D eigenvalue weighted by molar-refractivity contribution is 0.891. The van der Waals surface area contributed by atoms with Crippen LogP contribution in [0.25, 0.3) is 11.2 Å². The first-order valence-corrected chi connectivity index (χ1v) is 4.35. The number of rotatable bonds is 0. The third-order valence-corrected chi connectivity index (χ3v) is 1.72. The summed E-state index contributed by atoms with van der Waals surface area (Å²) in [5.41, 5.74) is 6.31. The van der Waals surface area contributed by atoms with Crippen molar-refractivity contribution in [2.45, 2.75) is 13.8 Å². The van der Waals surface area contributed by atoms with E-state index < -0.39 is 0 Å². The zero-order valence-electron chi connectivity index (χ0n) is 8.40. The Kier molecular flexibility index (Phi) is 2.85. The first kappa shape index (κ1) is 10.2. The number of nitrogens with two attached hydrogens (primary N) is 1. The van der Waals surface area contributed by atoms with Crippen molar-refractivity contribution in [3.63, 3.8) is 0 Å². The van der Waals surface area contributed by atoms with Gasteiger partial charge in [-0.15, -0.1) is 0 Å². The van der Waals surface area contributed by atoms with Gasteiger partial charge in [-0.05, 0) is 0 Å². The van der Waals surface area contributed by atoms with Crippen molar-refractivity contribution in [1.82, 2.24) is 19.5 Å². The molecule has 0 aliphatic carbocycles. The number of anilines is 1. The molecule has 6 nitrogen and oxygen atoms in total. The molecule has 2 aromatic rings. The summed E-state index contributed by atoms with van der Waals surface area (Å²) in [7, 11) is 1.61. The summed E-state index contributed by atoms with van der Waals surface area (Å²) < 4.78 is 1.38. The lowest BCUT2D eigenvalue weighted by atomic mass is 10.5. The molecule has 0 aliphatic rings. The van der Waals surface area contributed by atoms with Crippen molar-refractivity contribution in [1.29, 1.82) is 0 Å². The molecule has 76 valence electrons. The van der Waals surface area contributed by atoms with Gasteiger partial charge < -0.3 is 5.73 Å². The van der Waals surface area contributed by atoms with Gasteiger partial charge in [-0.25, -0.2) is 14.8 Å². The fourth-order valence-corrected chi connectivity index (χ4v) is 1.10. The van der Waals surface area contributed by atoms with Crippen molar-refractivity contribution in [2.24, 2.45) is 7.05 Å². The highest BCUT2D eigenvalue weighted by molar-refractivity contribution is 5.81. The van der Waals surface area contributed by atoms with E-state index in [1.165, 1.54) is 10.9 Å². The standard InChI is InChI=1S/C6H7N5O.C2H6/c1-11-3-4(7)8-2-9-5(3)10-6(11)12;1-2/h2H,1H3,(H3,7,8,9,10,12);1-2H3. The molecule has 2 rings (SSSR count). The van der Waals surface area contributed by atoms with E-state index in [0.29, 0.717) is 17.0 Å². The molecule has 0 amide bonds. The maximum Gasteiger partial charge on any atom is 0.327 e. The number of aromatic nitrogens is 4. The van der Waals surface area contributed by atoms with Crippen LogP contribution in [0.4, 0.5) is 5.82 Å². The molecule has 3 N–H and O–H groups in total. The smallest absolute Gasteiger partial charge is 0.327 e. The van der Waals surface area contributed by atoms with Gasteiger partial charge in [0.15, 0.2) is 11.5 Å². The van der Waals surface area contributed by atoms with E-state index in [0.717, 1.165) is 0 Å². The van der Waals surface area contributed by atoms with Gasteiger partial charge in [0.05, 0.1) is 0 Å². The van der Waals surface area contributed by atoms with Crippen LogP contribution in [0.1, 0.15) is 13.8 Å². The molecule has 2 heterocycles. The number of fused-ring (bicyclic) bond motifs is 1. The highest BCUT2D eigenvalue weighted by Crippen LogP contribution is 2.10. The fraction of sp³-hybridized carbons (Fsp3) is 0.375. The zero-order valence-corrected chi connectivity index (χ0v) is 8.40. The Hall–Kier alpha value is -1.85. The summed E-state index contributed by atoms with van der Waals surface area (Å²) >= 11 is 0. The number of H-pyrrole nitrogens is 1. The molecular formula is C8H13N5O. The maximum absolute atomic E-state index is 11.1. The Balaban J connectivity index is 0.000000461. The molecule has 0 saturated carbocycles. The van der Waals surface area contributed by atoms with E-state index in [-0.39, 0.29) is 5.69 Å². The molecule has 2 aromatic heterocycles. The normalized spacial score (nSPS) is 9.64. The SMILES string of the molecule is CC.Cn1c(=O)[nH]c2ncnc(N)c21. The highest BCUT2D eigenvalue weighted by Gasteiger charge is 2.06. The molecule has 0 fully saturated rings. The molecule has 0 aromatic carbocycles. The predicted molar refractivity (Wildman–Crippen MR) is 54.9 cm³/mol. The van der Waals surface area contributed by atoms with Crippen molar-refractivity contribution in [2.75, 3.05) is 5.73 Å². The van der Waals surface area contributed by atoms with Gasteiger partial charge in [-0.2, -0.15) is 0 Å². The summed E-state index contributed by atoms with van der Waals surface area (Å²) in [6.45, 7) is 4.00. The summed E-state index contributed by atoms with van der Waals surface area (Å²) in [6, 6.07) is 0.